The van der Waals surface area contributed by atoms with Crippen LogP contribution in [-0.2, 0) is 16.0 Å². The van der Waals surface area contributed by atoms with Crippen LogP contribution in [0.2, 0.25) is 0 Å². The number of hydrogen-bond acceptors (Lipinski definition) is 5. The minimum Gasteiger partial charge on any atom is -0.507 e. The van der Waals surface area contributed by atoms with Crippen LogP contribution in [0.15, 0.2) is 48.0 Å². The number of rotatable bonds is 7. The number of aliphatic hydroxyl groups is 1. The largest absolute Gasteiger partial charge is 0.507 e. The molecule has 0 saturated carbocycles. The molecule has 180 valence electrons. The summed E-state index contributed by atoms with van der Waals surface area (Å²) in [4.78, 5) is 30.0. The Morgan fingerprint density at radius 2 is 1.85 bits per heavy atom. The molecule has 2 heterocycles. The number of benzene rings is 2. The number of hydrogen-bond donors (Lipinski definition) is 1. The molecule has 1 fully saturated rings. The standard InChI is InChI=1S/C28H34N2O4/c1-17(2)19-7-9-20(10-8-19)25-24(27(32)28(33)30(25)14-6-13-29(4)5)26(31)21-11-12-23-22(16-21)15-18(3)34-23/h7-12,16-18,25,31H,6,13-15H2,1-5H3/b26-24+/t18-,25-/m0/s1. The lowest BCUT2D eigenvalue weighted by atomic mass is 9.92. The van der Waals surface area contributed by atoms with Gasteiger partial charge in [-0.1, -0.05) is 38.1 Å². The second kappa shape index (κ2) is 9.63. The van der Waals surface area contributed by atoms with E-state index < -0.39 is 17.7 Å². The van der Waals surface area contributed by atoms with E-state index in [1.165, 1.54) is 5.56 Å². The second-order valence-electron chi connectivity index (χ2n) is 9.93. The van der Waals surface area contributed by atoms with Crippen LogP contribution >= 0.6 is 0 Å². The van der Waals surface area contributed by atoms with Gasteiger partial charge in [-0.15, -0.1) is 0 Å². The molecule has 1 amide bonds. The fraction of sp³-hybridized carbons (Fsp3) is 0.429. The SMILES string of the molecule is CC(C)c1ccc([C@H]2/C(=C(\O)c3ccc4c(c3)C[C@H](C)O4)C(=O)C(=O)N2CCCN(C)C)cc1. The van der Waals surface area contributed by atoms with Gasteiger partial charge in [0, 0.05) is 18.5 Å². The lowest BCUT2D eigenvalue weighted by Crippen LogP contribution is -2.32. The number of aliphatic hydroxyl groups excluding tert-OH is 1. The van der Waals surface area contributed by atoms with E-state index in [1.54, 1.807) is 11.0 Å². The molecule has 2 aliphatic rings. The first kappa shape index (κ1) is 24.0. The normalized spacial score (nSPS) is 21.4. The lowest BCUT2D eigenvalue weighted by Gasteiger charge is -2.26. The summed E-state index contributed by atoms with van der Waals surface area (Å²) in [7, 11) is 3.96. The number of ketones is 1. The Morgan fingerprint density at radius 1 is 1.15 bits per heavy atom. The highest BCUT2D eigenvalue weighted by Gasteiger charge is 2.45. The van der Waals surface area contributed by atoms with Crippen molar-refractivity contribution in [2.45, 2.75) is 51.7 Å². The molecule has 1 saturated heterocycles. The van der Waals surface area contributed by atoms with Crippen molar-refractivity contribution in [3.05, 3.63) is 70.3 Å². The molecule has 0 bridgehead atoms. The van der Waals surface area contributed by atoms with Crippen molar-refractivity contribution in [2.24, 2.45) is 0 Å². The molecule has 0 radical (unpaired) electrons. The monoisotopic (exact) mass is 462 g/mol. The van der Waals surface area contributed by atoms with Crippen molar-refractivity contribution in [2.75, 3.05) is 27.2 Å². The average Bonchev–Trinajstić information content (AvgIpc) is 3.29. The zero-order valence-electron chi connectivity index (χ0n) is 20.7. The molecule has 6 nitrogen and oxygen atoms in total. The van der Waals surface area contributed by atoms with Crippen LogP contribution in [0.3, 0.4) is 0 Å². The molecular formula is C28H34N2O4. The van der Waals surface area contributed by atoms with Crippen molar-refractivity contribution < 1.29 is 19.4 Å². The van der Waals surface area contributed by atoms with Gasteiger partial charge in [-0.25, -0.2) is 0 Å². The maximum absolute atomic E-state index is 13.2. The van der Waals surface area contributed by atoms with E-state index in [0.29, 0.717) is 18.0 Å². The first-order valence-corrected chi connectivity index (χ1v) is 12.0. The van der Waals surface area contributed by atoms with Gasteiger partial charge >= 0.3 is 0 Å². The van der Waals surface area contributed by atoms with Crippen molar-refractivity contribution in [3.8, 4) is 5.75 Å². The van der Waals surface area contributed by atoms with Crippen molar-refractivity contribution in [3.63, 3.8) is 0 Å². The molecule has 34 heavy (non-hydrogen) atoms. The summed E-state index contributed by atoms with van der Waals surface area (Å²) >= 11 is 0. The fourth-order valence-corrected chi connectivity index (χ4v) is 4.80. The zero-order chi connectivity index (χ0) is 24.6. The van der Waals surface area contributed by atoms with E-state index in [1.807, 2.05) is 57.4 Å². The molecule has 1 N–H and O–H groups in total. The average molecular weight is 463 g/mol. The molecule has 4 rings (SSSR count). The number of amides is 1. The summed E-state index contributed by atoms with van der Waals surface area (Å²) in [5, 5.41) is 11.3. The third-order valence-corrected chi connectivity index (χ3v) is 6.63. The third kappa shape index (κ3) is 4.60. The van der Waals surface area contributed by atoms with Gasteiger partial charge in [0.1, 0.15) is 17.6 Å². The molecule has 2 aromatic carbocycles. The van der Waals surface area contributed by atoms with Crippen molar-refractivity contribution in [1.82, 2.24) is 9.80 Å². The molecule has 0 aliphatic carbocycles. The van der Waals surface area contributed by atoms with Crippen LogP contribution in [-0.4, -0.2) is 59.9 Å². The molecule has 6 heteroatoms. The lowest BCUT2D eigenvalue weighted by molar-refractivity contribution is -0.139. The van der Waals surface area contributed by atoms with Crippen LogP contribution in [0, 0.1) is 0 Å². The second-order valence-corrected chi connectivity index (χ2v) is 9.93. The minimum absolute atomic E-state index is 0.0779. The maximum atomic E-state index is 13.2. The van der Waals surface area contributed by atoms with Gasteiger partial charge in [0.2, 0.25) is 0 Å². The number of fused-ring (bicyclic) bond motifs is 1. The Hall–Kier alpha value is -3.12. The number of carbonyl (C=O) groups excluding carboxylic acids is 2. The Balaban J connectivity index is 1.77. The highest BCUT2D eigenvalue weighted by Crippen LogP contribution is 2.41. The van der Waals surface area contributed by atoms with Gasteiger partial charge in [0.05, 0.1) is 11.6 Å². The Morgan fingerprint density at radius 3 is 2.50 bits per heavy atom. The van der Waals surface area contributed by atoms with E-state index in [0.717, 1.165) is 36.3 Å². The van der Waals surface area contributed by atoms with Crippen LogP contribution < -0.4 is 4.74 Å². The highest BCUT2D eigenvalue weighted by atomic mass is 16.5. The van der Waals surface area contributed by atoms with Crippen molar-refractivity contribution in [1.29, 1.82) is 0 Å². The van der Waals surface area contributed by atoms with Crippen LogP contribution in [0.1, 0.15) is 61.4 Å². The van der Waals surface area contributed by atoms with Crippen LogP contribution in [0.5, 0.6) is 5.75 Å². The predicted octanol–water partition coefficient (Wildman–Crippen LogP) is 4.51. The van der Waals surface area contributed by atoms with Gasteiger partial charge in [-0.3, -0.25) is 9.59 Å². The first-order valence-electron chi connectivity index (χ1n) is 12.0. The number of ether oxygens (including phenoxy) is 1. The molecule has 0 aromatic heterocycles. The summed E-state index contributed by atoms with van der Waals surface area (Å²) in [5.41, 5.74) is 3.69. The number of Topliss-reactive ketones (excluding diaryl/α,β-unsaturated/α-hetero) is 1. The van der Waals surface area contributed by atoms with Crippen LogP contribution in [0.25, 0.3) is 5.76 Å². The smallest absolute Gasteiger partial charge is 0.295 e. The predicted molar refractivity (Wildman–Crippen MR) is 133 cm³/mol. The first-order chi connectivity index (χ1) is 16.2. The quantitative estimate of drug-likeness (QED) is 0.373. The van der Waals surface area contributed by atoms with E-state index in [2.05, 4.69) is 18.7 Å². The van der Waals surface area contributed by atoms with E-state index in [9.17, 15) is 14.7 Å². The number of likely N-dealkylation sites (tertiary alicyclic amines) is 1. The molecular weight excluding hydrogens is 428 g/mol. The number of carbonyl (C=O) groups is 2. The Labute approximate surface area is 201 Å². The van der Waals surface area contributed by atoms with Crippen LogP contribution in [0.4, 0.5) is 0 Å². The summed E-state index contributed by atoms with van der Waals surface area (Å²) in [6.45, 7) is 7.48. The summed E-state index contributed by atoms with van der Waals surface area (Å²) < 4.78 is 5.78. The number of nitrogens with zero attached hydrogens (tertiary/aromatic N) is 2. The molecule has 2 atom stereocenters. The van der Waals surface area contributed by atoms with Crippen molar-refractivity contribution >= 4 is 17.4 Å². The van der Waals surface area contributed by atoms with Gasteiger partial charge < -0.3 is 19.6 Å². The van der Waals surface area contributed by atoms with Gasteiger partial charge in [0.25, 0.3) is 11.7 Å². The highest BCUT2D eigenvalue weighted by molar-refractivity contribution is 6.46. The molecule has 2 aromatic rings. The van der Waals surface area contributed by atoms with E-state index >= 15 is 0 Å². The molecule has 0 spiro atoms. The zero-order valence-corrected chi connectivity index (χ0v) is 20.7. The minimum atomic E-state index is -0.634. The Kier molecular flexibility index (Phi) is 6.80. The fourth-order valence-electron chi connectivity index (χ4n) is 4.80. The summed E-state index contributed by atoms with van der Waals surface area (Å²) in [6, 6.07) is 12.8. The Bertz CT molecular complexity index is 1120. The topological polar surface area (TPSA) is 70.1 Å². The summed E-state index contributed by atoms with van der Waals surface area (Å²) in [5.74, 6) is -0.152. The van der Waals surface area contributed by atoms with Gasteiger partial charge in [0.15, 0.2) is 0 Å². The summed E-state index contributed by atoms with van der Waals surface area (Å²) in [6.07, 6.45) is 1.55. The maximum Gasteiger partial charge on any atom is 0.295 e. The molecule has 2 aliphatic heterocycles. The van der Waals surface area contributed by atoms with E-state index in [-0.39, 0.29) is 17.4 Å². The van der Waals surface area contributed by atoms with Gasteiger partial charge in [-0.2, -0.15) is 0 Å². The van der Waals surface area contributed by atoms with Gasteiger partial charge in [-0.05, 0) is 74.8 Å². The van der Waals surface area contributed by atoms with E-state index in [4.69, 9.17) is 4.74 Å². The third-order valence-electron chi connectivity index (χ3n) is 6.63. The molecule has 0 unspecified atom stereocenters.